The average Bonchev–Trinajstić information content (AvgIpc) is 3.72. The maximum atomic E-state index is 13.4. The van der Waals surface area contributed by atoms with Gasteiger partial charge in [-0.25, -0.2) is 9.97 Å². The maximum absolute atomic E-state index is 13.4. The van der Waals surface area contributed by atoms with Gasteiger partial charge in [-0.2, -0.15) is 13.2 Å². The molecule has 0 saturated heterocycles. The van der Waals surface area contributed by atoms with Crippen LogP contribution in [0.4, 0.5) is 13.2 Å². The number of hydrogen-bond acceptors (Lipinski definition) is 3. The third-order valence-electron chi connectivity index (χ3n) is 9.85. The van der Waals surface area contributed by atoms with Crippen LogP contribution in [-0.4, -0.2) is 14.5 Å². The first kappa shape index (κ1) is 30.1. The Morgan fingerprint density at radius 1 is 0.500 bits per heavy atom. The van der Waals surface area contributed by atoms with Crippen molar-refractivity contribution >= 4 is 54.6 Å². The summed E-state index contributed by atoms with van der Waals surface area (Å²) in [4.78, 5) is 9.97. The Kier molecular flexibility index (Phi) is 6.60. The SMILES string of the molecule is FC(F)(F)c1ccc(-c2nc(-c3cccc4oc5ccc(-c6ccc7c(c6)c6ccccc6n7-c6ccccc6)cc5c34)nc3ccccc23)cc1. The van der Waals surface area contributed by atoms with Crippen LogP contribution < -0.4 is 0 Å². The highest BCUT2D eigenvalue weighted by atomic mass is 19.4. The molecule has 0 unspecified atom stereocenters. The zero-order valence-electron chi connectivity index (χ0n) is 27.4. The summed E-state index contributed by atoms with van der Waals surface area (Å²) in [6, 6.07) is 50.2. The van der Waals surface area contributed by atoms with Crippen molar-refractivity contribution in [2.45, 2.75) is 6.18 Å². The number of para-hydroxylation sites is 3. The first-order valence-electron chi connectivity index (χ1n) is 16.9. The highest BCUT2D eigenvalue weighted by Gasteiger charge is 2.30. The molecule has 0 N–H and O–H groups in total. The van der Waals surface area contributed by atoms with E-state index in [1.807, 2.05) is 54.6 Å². The largest absolute Gasteiger partial charge is 0.456 e. The fourth-order valence-electron chi connectivity index (χ4n) is 7.43. The molecule has 0 radical (unpaired) electrons. The minimum Gasteiger partial charge on any atom is -0.456 e. The lowest BCUT2D eigenvalue weighted by molar-refractivity contribution is -0.137. The topological polar surface area (TPSA) is 43.9 Å². The van der Waals surface area contributed by atoms with E-state index < -0.39 is 11.7 Å². The van der Waals surface area contributed by atoms with Crippen molar-refractivity contribution in [2.24, 2.45) is 0 Å². The number of halogens is 3. The van der Waals surface area contributed by atoms with Crippen LogP contribution in [0.3, 0.4) is 0 Å². The number of furan rings is 1. The van der Waals surface area contributed by atoms with Gasteiger partial charge < -0.3 is 8.98 Å². The van der Waals surface area contributed by atoms with Crippen LogP contribution in [0, 0.1) is 0 Å². The zero-order chi connectivity index (χ0) is 35.0. The number of benzene rings is 7. The Bertz CT molecular complexity index is 3000. The molecule has 7 heteroatoms. The average molecular weight is 682 g/mol. The first-order chi connectivity index (χ1) is 25.4. The Morgan fingerprint density at radius 3 is 1.98 bits per heavy atom. The van der Waals surface area contributed by atoms with Crippen LogP contribution in [-0.2, 0) is 6.18 Å². The van der Waals surface area contributed by atoms with Gasteiger partial charge in [0.1, 0.15) is 11.2 Å². The molecule has 0 spiro atoms. The van der Waals surface area contributed by atoms with Crippen molar-refractivity contribution < 1.29 is 17.6 Å². The van der Waals surface area contributed by atoms with E-state index in [-0.39, 0.29) is 0 Å². The highest BCUT2D eigenvalue weighted by Crippen LogP contribution is 2.41. The van der Waals surface area contributed by atoms with Crippen molar-refractivity contribution in [3.05, 3.63) is 163 Å². The summed E-state index contributed by atoms with van der Waals surface area (Å²) in [5.74, 6) is 0.461. The van der Waals surface area contributed by atoms with Crippen LogP contribution in [0.5, 0.6) is 0 Å². The molecule has 10 aromatic rings. The summed E-state index contributed by atoms with van der Waals surface area (Å²) in [7, 11) is 0. The van der Waals surface area contributed by atoms with Crippen LogP contribution in [0.2, 0.25) is 0 Å². The number of nitrogens with zero attached hydrogens (tertiary/aromatic N) is 3. The second-order valence-electron chi connectivity index (χ2n) is 12.9. The summed E-state index contributed by atoms with van der Waals surface area (Å²) in [6.45, 7) is 0. The van der Waals surface area contributed by atoms with Crippen LogP contribution in [0.15, 0.2) is 162 Å². The minimum absolute atomic E-state index is 0.461. The molecular formula is C45H26F3N3O. The minimum atomic E-state index is -4.43. The van der Waals surface area contributed by atoms with Gasteiger partial charge in [0.15, 0.2) is 5.82 Å². The van der Waals surface area contributed by atoms with Gasteiger partial charge >= 0.3 is 6.18 Å². The molecule has 0 aliphatic carbocycles. The summed E-state index contributed by atoms with van der Waals surface area (Å²) >= 11 is 0. The predicted molar refractivity (Wildman–Crippen MR) is 202 cm³/mol. The lowest BCUT2D eigenvalue weighted by atomic mass is 9.99. The third kappa shape index (κ3) is 4.77. The van der Waals surface area contributed by atoms with E-state index >= 15 is 0 Å². The molecule has 0 bridgehead atoms. The van der Waals surface area contributed by atoms with Gasteiger partial charge in [0.2, 0.25) is 0 Å². The van der Waals surface area contributed by atoms with Gasteiger partial charge in [0.05, 0.1) is 27.8 Å². The maximum Gasteiger partial charge on any atom is 0.416 e. The molecule has 0 saturated carbocycles. The Labute approximate surface area is 295 Å². The Hall–Kier alpha value is -6.73. The number of fused-ring (bicyclic) bond motifs is 7. The molecule has 52 heavy (non-hydrogen) atoms. The van der Waals surface area contributed by atoms with E-state index in [1.165, 1.54) is 17.5 Å². The van der Waals surface area contributed by atoms with Gasteiger partial charge in [-0.3, -0.25) is 0 Å². The fourth-order valence-corrected chi connectivity index (χ4v) is 7.43. The van der Waals surface area contributed by atoms with Gasteiger partial charge in [0.25, 0.3) is 0 Å². The number of aromatic nitrogens is 3. The molecule has 3 aromatic heterocycles. The normalized spacial score (nSPS) is 12.1. The van der Waals surface area contributed by atoms with E-state index in [4.69, 9.17) is 14.4 Å². The number of alkyl halides is 3. The summed E-state index contributed by atoms with van der Waals surface area (Å²) in [6.07, 6.45) is -4.43. The van der Waals surface area contributed by atoms with Gasteiger partial charge in [-0.15, -0.1) is 0 Å². The molecular weight excluding hydrogens is 656 g/mol. The molecule has 4 nitrogen and oxygen atoms in total. The molecule has 0 fully saturated rings. The first-order valence-corrected chi connectivity index (χ1v) is 16.9. The quantitative estimate of drug-likeness (QED) is 0.186. The molecule has 3 heterocycles. The smallest absolute Gasteiger partial charge is 0.416 e. The molecule has 0 amide bonds. The van der Waals surface area contributed by atoms with E-state index in [0.717, 1.165) is 72.7 Å². The zero-order valence-corrected chi connectivity index (χ0v) is 27.4. The summed E-state index contributed by atoms with van der Waals surface area (Å²) in [5, 5.41) is 4.88. The fraction of sp³-hybridized carbons (Fsp3) is 0.0222. The van der Waals surface area contributed by atoms with E-state index in [2.05, 4.69) is 83.4 Å². The van der Waals surface area contributed by atoms with Crippen LogP contribution in [0.25, 0.3) is 94.1 Å². The molecule has 7 aromatic carbocycles. The van der Waals surface area contributed by atoms with Crippen molar-refractivity contribution in [3.8, 4) is 39.5 Å². The molecule has 0 aliphatic heterocycles. The predicted octanol–water partition coefficient (Wildman–Crippen LogP) is 12.6. The van der Waals surface area contributed by atoms with Gasteiger partial charge in [-0.1, -0.05) is 91.0 Å². The van der Waals surface area contributed by atoms with Gasteiger partial charge in [-0.05, 0) is 77.9 Å². The standard InChI is InChI=1S/C45H26F3N3O/c46-45(47,48)30-21-17-27(18-22-30)43-33-12-4-6-14-37(33)49-44(50-43)34-13-8-16-41-42(34)36-26-29(20-24-40(36)52-41)28-19-23-39-35(25-28)32-11-5-7-15-38(32)51(39)31-9-2-1-3-10-31/h1-26H. The monoisotopic (exact) mass is 681 g/mol. The second kappa shape index (κ2) is 11.4. The van der Waals surface area contributed by atoms with E-state index in [1.54, 1.807) is 0 Å². The highest BCUT2D eigenvalue weighted by molar-refractivity contribution is 6.14. The van der Waals surface area contributed by atoms with Crippen molar-refractivity contribution in [2.75, 3.05) is 0 Å². The molecule has 10 rings (SSSR count). The summed E-state index contributed by atoms with van der Waals surface area (Å²) < 4.78 is 48.9. The van der Waals surface area contributed by atoms with E-state index in [0.29, 0.717) is 28.2 Å². The van der Waals surface area contributed by atoms with Gasteiger partial charge in [0, 0.05) is 43.7 Å². The van der Waals surface area contributed by atoms with Crippen molar-refractivity contribution in [1.82, 2.24) is 14.5 Å². The number of rotatable bonds is 4. The Balaban J connectivity index is 1.14. The second-order valence-corrected chi connectivity index (χ2v) is 12.9. The molecule has 248 valence electrons. The molecule has 0 aliphatic rings. The van der Waals surface area contributed by atoms with Crippen molar-refractivity contribution in [3.63, 3.8) is 0 Å². The lowest BCUT2D eigenvalue weighted by Gasteiger charge is -2.11. The lowest BCUT2D eigenvalue weighted by Crippen LogP contribution is -2.04. The van der Waals surface area contributed by atoms with E-state index in [9.17, 15) is 13.2 Å². The number of hydrogen-bond donors (Lipinski definition) is 0. The van der Waals surface area contributed by atoms with Crippen LogP contribution >= 0.6 is 0 Å². The summed E-state index contributed by atoms with van der Waals surface area (Å²) in [5.41, 5.74) is 8.81. The Morgan fingerprint density at radius 2 is 1.17 bits per heavy atom. The van der Waals surface area contributed by atoms with Crippen molar-refractivity contribution in [1.29, 1.82) is 0 Å². The van der Waals surface area contributed by atoms with Crippen LogP contribution in [0.1, 0.15) is 5.56 Å². The molecule has 0 atom stereocenters. The third-order valence-corrected chi connectivity index (χ3v) is 9.85.